The summed E-state index contributed by atoms with van der Waals surface area (Å²) in [7, 11) is 0. The van der Waals surface area contributed by atoms with Crippen LogP contribution in [-0.2, 0) is 11.3 Å². The summed E-state index contributed by atoms with van der Waals surface area (Å²) in [4.78, 5) is 21.3. The molecule has 0 unspecified atom stereocenters. The van der Waals surface area contributed by atoms with Gasteiger partial charge < -0.3 is 10.0 Å². The number of rotatable bonds is 4. The van der Waals surface area contributed by atoms with Gasteiger partial charge in [0.25, 0.3) is 0 Å². The van der Waals surface area contributed by atoms with Gasteiger partial charge in [0.05, 0.1) is 12.0 Å². The summed E-state index contributed by atoms with van der Waals surface area (Å²) >= 11 is 0. The van der Waals surface area contributed by atoms with Gasteiger partial charge in [0, 0.05) is 44.6 Å². The summed E-state index contributed by atoms with van der Waals surface area (Å²) in [6.07, 6.45) is 7.75. The van der Waals surface area contributed by atoms with Crippen molar-refractivity contribution in [3.63, 3.8) is 0 Å². The van der Waals surface area contributed by atoms with E-state index in [-0.39, 0.29) is 5.91 Å². The summed E-state index contributed by atoms with van der Waals surface area (Å²) < 4.78 is 0. The van der Waals surface area contributed by atoms with Crippen molar-refractivity contribution in [2.75, 3.05) is 19.6 Å². The Morgan fingerprint density at radius 3 is 2.96 bits per heavy atom. The number of fused-ring (bicyclic) bond motifs is 1. The van der Waals surface area contributed by atoms with Crippen LogP contribution in [0.25, 0.3) is 0 Å². The molecule has 124 valence electrons. The highest BCUT2D eigenvalue weighted by molar-refractivity contribution is 5.78. The maximum Gasteiger partial charge on any atom is 0.225 e. The molecule has 1 saturated carbocycles. The fourth-order valence-corrected chi connectivity index (χ4v) is 4.38. The smallest absolute Gasteiger partial charge is 0.225 e. The molecule has 0 radical (unpaired) electrons. The number of carbonyl (C=O) groups is 1. The Labute approximate surface area is 137 Å². The number of likely N-dealkylation sites (tertiary alicyclic amines) is 2. The standard InChI is InChI=1S/C18H25N3O2/c22-17(9-18(23)5-2-6-18)21-8-4-15-12-20(13-16(15)21)11-14-3-1-7-19-10-14/h1,3,7,10,15-16,23H,2,4-6,8-9,11-13H2/t15-,16+/m0/s1. The van der Waals surface area contributed by atoms with Gasteiger partial charge in [-0.3, -0.25) is 14.7 Å². The first-order valence-corrected chi connectivity index (χ1v) is 8.76. The van der Waals surface area contributed by atoms with Crippen molar-refractivity contribution in [2.45, 2.75) is 50.3 Å². The number of pyridine rings is 1. The van der Waals surface area contributed by atoms with Crippen LogP contribution in [-0.4, -0.2) is 57.1 Å². The van der Waals surface area contributed by atoms with Crippen molar-refractivity contribution in [1.29, 1.82) is 0 Å². The number of carbonyl (C=O) groups excluding carboxylic acids is 1. The Morgan fingerprint density at radius 2 is 2.26 bits per heavy atom. The molecule has 5 heteroatoms. The van der Waals surface area contributed by atoms with Gasteiger partial charge in [-0.15, -0.1) is 0 Å². The third kappa shape index (κ3) is 3.00. The summed E-state index contributed by atoms with van der Waals surface area (Å²) in [6.45, 7) is 3.79. The van der Waals surface area contributed by atoms with Crippen LogP contribution < -0.4 is 0 Å². The molecule has 1 aliphatic carbocycles. The van der Waals surface area contributed by atoms with Crippen LogP contribution in [0.4, 0.5) is 0 Å². The van der Waals surface area contributed by atoms with Crippen molar-refractivity contribution in [1.82, 2.24) is 14.8 Å². The lowest BCUT2D eigenvalue weighted by molar-refractivity contribution is -0.141. The molecule has 3 aliphatic rings. The van der Waals surface area contributed by atoms with Crippen LogP contribution in [0.2, 0.25) is 0 Å². The Morgan fingerprint density at radius 1 is 1.39 bits per heavy atom. The fraction of sp³-hybridized carbons (Fsp3) is 0.667. The Balaban J connectivity index is 1.36. The van der Waals surface area contributed by atoms with E-state index in [1.165, 1.54) is 5.56 Å². The number of amides is 1. The molecular weight excluding hydrogens is 290 g/mol. The van der Waals surface area contributed by atoms with Crippen molar-refractivity contribution in [3.05, 3.63) is 30.1 Å². The monoisotopic (exact) mass is 315 g/mol. The SMILES string of the molecule is O=C(CC1(O)CCC1)N1CC[C@H]2CN(Cc3cccnc3)C[C@H]21. The molecule has 0 spiro atoms. The molecule has 2 saturated heterocycles. The van der Waals surface area contributed by atoms with Gasteiger partial charge in [0.2, 0.25) is 5.91 Å². The van der Waals surface area contributed by atoms with E-state index in [0.29, 0.717) is 18.4 Å². The predicted molar refractivity (Wildman–Crippen MR) is 86.5 cm³/mol. The quantitative estimate of drug-likeness (QED) is 0.913. The lowest BCUT2D eigenvalue weighted by atomic mass is 9.77. The second kappa shape index (κ2) is 5.87. The van der Waals surface area contributed by atoms with E-state index in [1.54, 1.807) is 6.20 Å². The molecule has 2 aliphatic heterocycles. The lowest BCUT2D eigenvalue weighted by Crippen LogP contribution is -2.46. The molecule has 1 N–H and O–H groups in total. The van der Waals surface area contributed by atoms with E-state index in [9.17, 15) is 9.90 Å². The Kier molecular flexibility index (Phi) is 3.85. The van der Waals surface area contributed by atoms with E-state index < -0.39 is 5.60 Å². The zero-order valence-electron chi connectivity index (χ0n) is 13.5. The average Bonchev–Trinajstić information content (AvgIpc) is 3.06. The van der Waals surface area contributed by atoms with Crippen molar-refractivity contribution >= 4 is 5.91 Å². The molecule has 1 aromatic rings. The molecule has 23 heavy (non-hydrogen) atoms. The van der Waals surface area contributed by atoms with Gasteiger partial charge >= 0.3 is 0 Å². The summed E-state index contributed by atoms with van der Waals surface area (Å²) in [5, 5.41) is 10.3. The largest absolute Gasteiger partial charge is 0.389 e. The van der Waals surface area contributed by atoms with Gasteiger partial charge in [-0.05, 0) is 43.2 Å². The van der Waals surface area contributed by atoms with Gasteiger partial charge in [-0.2, -0.15) is 0 Å². The van der Waals surface area contributed by atoms with E-state index >= 15 is 0 Å². The maximum atomic E-state index is 12.6. The predicted octanol–water partition coefficient (Wildman–Crippen LogP) is 1.42. The molecule has 0 aromatic carbocycles. The third-order valence-electron chi connectivity index (χ3n) is 5.84. The number of nitrogens with zero attached hydrogens (tertiary/aromatic N) is 3. The van der Waals surface area contributed by atoms with Crippen LogP contribution in [0, 0.1) is 5.92 Å². The van der Waals surface area contributed by atoms with Crippen molar-refractivity contribution in [3.8, 4) is 0 Å². The summed E-state index contributed by atoms with van der Waals surface area (Å²) in [6, 6.07) is 4.42. The molecule has 5 nitrogen and oxygen atoms in total. The third-order valence-corrected chi connectivity index (χ3v) is 5.84. The first kappa shape index (κ1) is 15.1. The summed E-state index contributed by atoms with van der Waals surface area (Å²) in [5.74, 6) is 0.745. The highest BCUT2D eigenvalue weighted by atomic mass is 16.3. The number of hydrogen-bond acceptors (Lipinski definition) is 4. The highest BCUT2D eigenvalue weighted by Gasteiger charge is 2.45. The number of hydrogen-bond donors (Lipinski definition) is 1. The molecule has 3 fully saturated rings. The van der Waals surface area contributed by atoms with Crippen LogP contribution in [0.15, 0.2) is 24.5 Å². The minimum atomic E-state index is -0.705. The van der Waals surface area contributed by atoms with E-state index in [4.69, 9.17) is 0 Å². The molecule has 1 amide bonds. The normalized spacial score (nSPS) is 29.3. The van der Waals surface area contributed by atoms with Gasteiger partial charge in [0.1, 0.15) is 0 Å². The fourth-order valence-electron chi connectivity index (χ4n) is 4.38. The second-order valence-electron chi connectivity index (χ2n) is 7.51. The van der Waals surface area contributed by atoms with Crippen LogP contribution >= 0.6 is 0 Å². The lowest BCUT2D eigenvalue weighted by Gasteiger charge is -2.38. The summed E-state index contributed by atoms with van der Waals surface area (Å²) in [5.41, 5.74) is 0.525. The van der Waals surface area contributed by atoms with E-state index in [0.717, 1.165) is 51.9 Å². The average molecular weight is 315 g/mol. The van der Waals surface area contributed by atoms with E-state index in [1.807, 2.05) is 17.2 Å². The number of aromatic nitrogens is 1. The second-order valence-corrected chi connectivity index (χ2v) is 7.51. The van der Waals surface area contributed by atoms with E-state index in [2.05, 4.69) is 16.0 Å². The Bertz CT molecular complexity index is 573. The molecule has 2 atom stereocenters. The first-order chi connectivity index (χ1) is 11.1. The van der Waals surface area contributed by atoms with Crippen LogP contribution in [0.3, 0.4) is 0 Å². The zero-order chi connectivity index (χ0) is 15.9. The van der Waals surface area contributed by atoms with Gasteiger partial charge in [-0.1, -0.05) is 6.07 Å². The Hall–Kier alpha value is -1.46. The topological polar surface area (TPSA) is 56.7 Å². The minimum absolute atomic E-state index is 0.155. The van der Waals surface area contributed by atoms with Crippen LogP contribution in [0.5, 0.6) is 0 Å². The van der Waals surface area contributed by atoms with Gasteiger partial charge in [-0.25, -0.2) is 0 Å². The maximum absolute atomic E-state index is 12.6. The highest BCUT2D eigenvalue weighted by Crippen LogP contribution is 2.38. The first-order valence-electron chi connectivity index (χ1n) is 8.76. The molecule has 1 aromatic heterocycles. The van der Waals surface area contributed by atoms with Gasteiger partial charge in [0.15, 0.2) is 0 Å². The van der Waals surface area contributed by atoms with Crippen molar-refractivity contribution < 1.29 is 9.90 Å². The van der Waals surface area contributed by atoms with Crippen LogP contribution in [0.1, 0.15) is 37.7 Å². The van der Waals surface area contributed by atoms with Crippen molar-refractivity contribution in [2.24, 2.45) is 5.92 Å². The molecular formula is C18H25N3O2. The zero-order valence-corrected chi connectivity index (χ0v) is 13.5. The molecule has 0 bridgehead atoms. The molecule has 4 rings (SSSR count). The minimum Gasteiger partial charge on any atom is -0.389 e. The number of aliphatic hydroxyl groups is 1. The molecule has 3 heterocycles.